The summed E-state index contributed by atoms with van der Waals surface area (Å²) in [5, 5.41) is 0. The predicted molar refractivity (Wildman–Crippen MR) is 79.8 cm³/mol. The van der Waals surface area contributed by atoms with Crippen LogP contribution >= 0.6 is 0 Å². The maximum atomic E-state index is 12.4. The number of para-hydroxylation sites is 1. The Morgan fingerprint density at radius 2 is 1.70 bits per heavy atom. The van der Waals surface area contributed by atoms with Crippen LogP contribution < -0.4 is 9.46 Å². The number of nitrogens with one attached hydrogen (secondary N) is 1. The molecule has 2 rings (SSSR count). The van der Waals surface area contributed by atoms with E-state index in [1.807, 2.05) is 0 Å². The van der Waals surface area contributed by atoms with Crippen LogP contribution in [0.1, 0.15) is 11.1 Å². The lowest BCUT2D eigenvalue weighted by atomic mass is 10.1. The third-order valence-electron chi connectivity index (χ3n) is 3.00. The normalized spacial score (nSPS) is 12.0. The number of rotatable bonds is 4. The second-order valence-electron chi connectivity index (χ2n) is 4.92. The highest BCUT2D eigenvalue weighted by molar-refractivity contribution is 7.92. The number of aryl methyl sites for hydroxylation is 2. The van der Waals surface area contributed by atoms with Gasteiger partial charge in [-0.15, -0.1) is 13.2 Å². The van der Waals surface area contributed by atoms with Crippen molar-refractivity contribution >= 4 is 15.7 Å². The van der Waals surface area contributed by atoms with Gasteiger partial charge in [0.25, 0.3) is 10.0 Å². The molecule has 2 aromatic rings. The summed E-state index contributed by atoms with van der Waals surface area (Å²) in [6.45, 7) is 3.47. The Balaban J connectivity index is 2.42. The van der Waals surface area contributed by atoms with Crippen LogP contribution in [0.25, 0.3) is 0 Å². The first-order valence-corrected chi connectivity index (χ1v) is 8.02. The van der Waals surface area contributed by atoms with E-state index in [2.05, 4.69) is 9.46 Å². The minimum Gasteiger partial charge on any atom is -0.404 e. The van der Waals surface area contributed by atoms with E-state index in [0.29, 0.717) is 11.3 Å². The van der Waals surface area contributed by atoms with E-state index in [1.54, 1.807) is 32.0 Å². The summed E-state index contributed by atoms with van der Waals surface area (Å²) in [6, 6.07) is 9.69. The maximum Gasteiger partial charge on any atom is 0.573 e. The van der Waals surface area contributed by atoms with E-state index < -0.39 is 27.0 Å². The van der Waals surface area contributed by atoms with E-state index in [9.17, 15) is 21.6 Å². The van der Waals surface area contributed by atoms with Gasteiger partial charge in [-0.25, -0.2) is 8.42 Å². The van der Waals surface area contributed by atoms with Crippen molar-refractivity contribution in [2.75, 3.05) is 4.72 Å². The number of ether oxygens (including phenoxy) is 1. The molecule has 0 unspecified atom stereocenters. The fourth-order valence-electron chi connectivity index (χ4n) is 1.93. The van der Waals surface area contributed by atoms with Crippen molar-refractivity contribution in [3.8, 4) is 5.75 Å². The molecule has 2 aromatic carbocycles. The molecule has 0 aliphatic rings. The standard InChI is InChI=1S/C15H14F3NO3S/c1-10-7-8-11(2)12(9-10)19-23(20,21)14-6-4-3-5-13(14)22-15(16,17)18/h3-9,19H,1-2H3. The topological polar surface area (TPSA) is 55.4 Å². The van der Waals surface area contributed by atoms with Gasteiger partial charge in [-0.1, -0.05) is 24.3 Å². The van der Waals surface area contributed by atoms with E-state index >= 15 is 0 Å². The minimum absolute atomic E-state index is 0.298. The molecule has 8 heteroatoms. The molecule has 0 bridgehead atoms. The highest BCUT2D eigenvalue weighted by Gasteiger charge is 2.34. The predicted octanol–water partition coefficient (Wildman–Crippen LogP) is 4.00. The monoisotopic (exact) mass is 345 g/mol. The summed E-state index contributed by atoms with van der Waals surface area (Å²) < 4.78 is 68.2. The van der Waals surface area contributed by atoms with E-state index in [1.165, 1.54) is 12.1 Å². The van der Waals surface area contributed by atoms with Crippen LogP contribution in [-0.4, -0.2) is 14.8 Å². The Morgan fingerprint density at radius 1 is 1.04 bits per heavy atom. The molecule has 0 radical (unpaired) electrons. The lowest BCUT2D eigenvalue weighted by Gasteiger charge is -2.15. The molecular weight excluding hydrogens is 331 g/mol. The zero-order chi connectivity index (χ0) is 17.3. The van der Waals surface area contributed by atoms with Gasteiger partial charge < -0.3 is 4.74 Å². The van der Waals surface area contributed by atoms with Crippen molar-refractivity contribution in [2.45, 2.75) is 25.1 Å². The first-order chi connectivity index (χ1) is 10.6. The van der Waals surface area contributed by atoms with Gasteiger partial charge in [0, 0.05) is 0 Å². The van der Waals surface area contributed by atoms with Gasteiger partial charge in [0.1, 0.15) is 10.6 Å². The number of hydrogen-bond acceptors (Lipinski definition) is 3. The van der Waals surface area contributed by atoms with Gasteiger partial charge in [0.05, 0.1) is 5.69 Å². The van der Waals surface area contributed by atoms with E-state index in [0.717, 1.165) is 17.7 Å². The number of halogens is 3. The molecule has 0 amide bonds. The van der Waals surface area contributed by atoms with Crippen LogP contribution in [0.5, 0.6) is 5.75 Å². The molecule has 1 N–H and O–H groups in total. The Kier molecular flexibility index (Phi) is 4.56. The van der Waals surface area contributed by atoms with Gasteiger partial charge >= 0.3 is 6.36 Å². The average molecular weight is 345 g/mol. The summed E-state index contributed by atoms with van der Waals surface area (Å²) in [6.07, 6.45) is -4.98. The Morgan fingerprint density at radius 3 is 2.35 bits per heavy atom. The minimum atomic E-state index is -4.98. The van der Waals surface area contributed by atoms with Gasteiger partial charge in [-0.2, -0.15) is 0 Å². The molecule has 0 aliphatic carbocycles. The summed E-state index contributed by atoms with van der Waals surface area (Å²) in [5.41, 5.74) is 1.76. The number of anilines is 1. The molecule has 0 heterocycles. The van der Waals surface area contributed by atoms with Crippen molar-refractivity contribution < 1.29 is 26.3 Å². The van der Waals surface area contributed by atoms with Crippen molar-refractivity contribution in [3.63, 3.8) is 0 Å². The van der Waals surface area contributed by atoms with Crippen molar-refractivity contribution in [1.82, 2.24) is 0 Å². The van der Waals surface area contributed by atoms with E-state index in [-0.39, 0.29) is 0 Å². The molecule has 0 atom stereocenters. The second kappa shape index (κ2) is 6.11. The van der Waals surface area contributed by atoms with Crippen LogP contribution in [0, 0.1) is 13.8 Å². The van der Waals surface area contributed by atoms with Crippen LogP contribution in [-0.2, 0) is 10.0 Å². The number of benzene rings is 2. The first kappa shape index (κ1) is 17.1. The van der Waals surface area contributed by atoms with Crippen molar-refractivity contribution in [3.05, 3.63) is 53.6 Å². The van der Waals surface area contributed by atoms with Crippen molar-refractivity contribution in [2.24, 2.45) is 0 Å². The Bertz CT molecular complexity index is 817. The van der Waals surface area contributed by atoms with Gasteiger partial charge in [0.15, 0.2) is 0 Å². The van der Waals surface area contributed by atoms with Gasteiger partial charge in [-0.05, 0) is 43.2 Å². The summed E-state index contributed by atoms with van der Waals surface area (Å²) >= 11 is 0. The number of sulfonamides is 1. The number of alkyl halides is 3. The van der Waals surface area contributed by atoms with Crippen LogP contribution in [0.3, 0.4) is 0 Å². The third-order valence-corrected chi connectivity index (χ3v) is 4.41. The highest BCUT2D eigenvalue weighted by Crippen LogP contribution is 2.31. The van der Waals surface area contributed by atoms with Crippen LogP contribution in [0.2, 0.25) is 0 Å². The second-order valence-corrected chi connectivity index (χ2v) is 6.57. The zero-order valence-electron chi connectivity index (χ0n) is 12.3. The van der Waals surface area contributed by atoms with Gasteiger partial charge in [0.2, 0.25) is 0 Å². The van der Waals surface area contributed by atoms with Crippen LogP contribution in [0.15, 0.2) is 47.4 Å². The Hall–Kier alpha value is -2.22. The largest absolute Gasteiger partial charge is 0.573 e. The molecule has 0 spiro atoms. The smallest absolute Gasteiger partial charge is 0.404 e. The summed E-state index contributed by atoms with van der Waals surface area (Å²) in [5.74, 6) is -0.780. The SMILES string of the molecule is Cc1ccc(C)c(NS(=O)(=O)c2ccccc2OC(F)(F)F)c1. The third kappa shape index (κ3) is 4.38. The quantitative estimate of drug-likeness (QED) is 0.911. The lowest BCUT2D eigenvalue weighted by Crippen LogP contribution is -2.21. The molecule has 0 saturated carbocycles. The highest BCUT2D eigenvalue weighted by atomic mass is 32.2. The van der Waals surface area contributed by atoms with Gasteiger partial charge in [-0.3, -0.25) is 4.72 Å². The van der Waals surface area contributed by atoms with Crippen LogP contribution in [0.4, 0.5) is 18.9 Å². The maximum absolute atomic E-state index is 12.4. The molecule has 4 nitrogen and oxygen atoms in total. The van der Waals surface area contributed by atoms with Crippen molar-refractivity contribution in [1.29, 1.82) is 0 Å². The summed E-state index contributed by atoms with van der Waals surface area (Å²) in [4.78, 5) is -0.585. The number of hydrogen-bond donors (Lipinski definition) is 1. The Labute approximate surface area is 132 Å². The molecule has 0 saturated heterocycles. The fraction of sp³-hybridized carbons (Fsp3) is 0.200. The first-order valence-electron chi connectivity index (χ1n) is 6.53. The van der Waals surface area contributed by atoms with E-state index in [4.69, 9.17) is 0 Å². The zero-order valence-corrected chi connectivity index (χ0v) is 13.1. The molecule has 0 aliphatic heterocycles. The molecular formula is C15H14F3NO3S. The summed E-state index contributed by atoms with van der Waals surface area (Å²) in [7, 11) is -4.23. The lowest BCUT2D eigenvalue weighted by molar-refractivity contribution is -0.275. The average Bonchev–Trinajstić information content (AvgIpc) is 2.41. The molecule has 124 valence electrons. The molecule has 0 aromatic heterocycles. The fourth-order valence-corrected chi connectivity index (χ4v) is 3.18. The molecule has 0 fully saturated rings. The molecule has 23 heavy (non-hydrogen) atoms.